The first-order valence-corrected chi connectivity index (χ1v) is 12.7. The van der Waals surface area contributed by atoms with Gasteiger partial charge in [0.25, 0.3) is 0 Å². The van der Waals surface area contributed by atoms with E-state index in [1.807, 2.05) is 38.1 Å². The van der Waals surface area contributed by atoms with Gasteiger partial charge in [0, 0.05) is 39.0 Å². The zero-order valence-corrected chi connectivity index (χ0v) is 21.6. The van der Waals surface area contributed by atoms with Gasteiger partial charge < -0.3 is 10.2 Å². The standard InChI is InChI=1S/C24H29Cl3N2O2S/c1-4-16(2)28-24(31)17(3)29(15-18-7-8-20(26)14-22(18)27)23(30)6-5-13-32-21-11-9-19(25)10-12-21/h7-12,14,16-17H,4-6,13,15H2,1-3H3,(H,28,31)/t16-,17-/m1/s1. The molecule has 0 aliphatic heterocycles. The van der Waals surface area contributed by atoms with Gasteiger partial charge in [0.1, 0.15) is 6.04 Å². The molecule has 0 radical (unpaired) electrons. The molecule has 32 heavy (non-hydrogen) atoms. The van der Waals surface area contributed by atoms with Crippen molar-refractivity contribution in [2.24, 2.45) is 0 Å². The van der Waals surface area contributed by atoms with E-state index in [4.69, 9.17) is 34.8 Å². The lowest BCUT2D eigenvalue weighted by Crippen LogP contribution is -2.49. The molecule has 0 fully saturated rings. The number of hydrogen-bond donors (Lipinski definition) is 1. The molecule has 4 nitrogen and oxygen atoms in total. The monoisotopic (exact) mass is 514 g/mol. The van der Waals surface area contributed by atoms with Crippen molar-refractivity contribution in [1.82, 2.24) is 10.2 Å². The molecule has 0 spiro atoms. The number of hydrogen-bond acceptors (Lipinski definition) is 3. The molecule has 0 saturated carbocycles. The Morgan fingerprint density at radius 3 is 2.31 bits per heavy atom. The molecule has 0 heterocycles. The molecule has 0 bridgehead atoms. The Bertz CT molecular complexity index is 909. The number of carbonyl (C=O) groups is 2. The highest BCUT2D eigenvalue weighted by Gasteiger charge is 2.27. The summed E-state index contributed by atoms with van der Waals surface area (Å²) in [5, 5.41) is 4.67. The molecule has 2 aromatic carbocycles. The lowest BCUT2D eigenvalue weighted by Gasteiger charge is -2.30. The minimum atomic E-state index is -0.618. The fourth-order valence-electron chi connectivity index (χ4n) is 2.97. The number of benzene rings is 2. The fraction of sp³-hybridized carbons (Fsp3) is 0.417. The van der Waals surface area contributed by atoms with Crippen LogP contribution in [0, 0.1) is 0 Å². The van der Waals surface area contributed by atoms with Gasteiger partial charge in [0.15, 0.2) is 0 Å². The summed E-state index contributed by atoms with van der Waals surface area (Å²) in [5.41, 5.74) is 0.753. The van der Waals surface area contributed by atoms with Crippen molar-refractivity contribution in [1.29, 1.82) is 0 Å². The third-order valence-electron chi connectivity index (χ3n) is 5.14. The van der Waals surface area contributed by atoms with E-state index in [1.165, 1.54) is 0 Å². The lowest BCUT2D eigenvalue weighted by atomic mass is 10.1. The molecule has 0 aliphatic rings. The van der Waals surface area contributed by atoms with Gasteiger partial charge in [-0.1, -0.05) is 47.8 Å². The van der Waals surface area contributed by atoms with Gasteiger partial charge in [0.2, 0.25) is 11.8 Å². The van der Waals surface area contributed by atoms with Gasteiger partial charge in [-0.2, -0.15) is 0 Å². The predicted molar refractivity (Wildman–Crippen MR) is 136 cm³/mol. The van der Waals surface area contributed by atoms with Crippen LogP contribution >= 0.6 is 46.6 Å². The Balaban J connectivity index is 2.05. The smallest absolute Gasteiger partial charge is 0.242 e. The highest BCUT2D eigenvalue weighted by molar-refractivity contribution is 7.99. The van der Waals surface area contributed by atoms with Crippen LogP contribution in [0.15, 0.2) is 47.4 Å². The summed E-state index contributed by atoms with van der Waals surface area (Å²) in [7, 11) is 0. The number of nitrogens with zero attached hydrogens (tertiary/aromatic N) is 1. The SMILES string of the molecule is CC[C@@H](C)NC(=O)[C@@H](C)N(Cc1ccc(Cl)cc1Cl)C(=O)CCCSc1ccc(Cl)cc1. The van der Waals surface area contributed by atoms with E-state index in [0.29, 0.717) is 27.9 Å². The highest BCUT2D eigenvalue weighted by Crippen LogP contribution is 2.25. The molecule has 174 valence electrons. The number of nitrogens with one attached hydrogen (secondary N) is 1. The van der Waals surface area contributed by atoms with E-state index in [0.717, 1.165) is 22.6 Å². The third-order valence-corrected chi connectivity index (χ3v) is 7.08. The van der Waals surface area contributed by atoms with Crippen LogP contribution < -0.4 is 5.32 Å². The fourth-order valence-corrected chi connectivity index (χ4v) is 4.42. The van der Waals surface area contributed by atoms with Crippen molar-refractivity contribution in [2.45, 2.75) is 63.6 Å². The first-order chi connectivity index (χ1) is 15.2. The molecular formula is C24H29Cl3N2O2S. The number of amides is 2. The van der Waals surface area contributed by atoms with Crippen LogP contribution in [-0.2, 0) is 16.1 Å². The number of thioether (sulfide) groups is 1. The van der Waals surface area contributed by atoms with E-state index in [9.17, 15) is 9.59 Å². The van der Waals surface area contributed by atoms with Crippen molar-refractivity contribution in [3.05, 3.63) is 63.1 Å². The highest BCUT2D eigenvalue weighted by atomic mass is 35.5. The minimum Gasteiger partial charge on any atom is -0.352 e. The van der Waals surface area contributed by atoms with Crippen LogP contribution in [0.1, 0.15) is 45.6 Å². The Labute approximate surface area is 210 Å². The van der Waals surface area contributed by atoms with Gasteiger partial charge in [-0.15, -0.1) is 11.8 Å². The zero-order chi connectivity index (χ0) is 23.7. The summed E-state index contributed by atoms with van der Waals surface area (Å²) in [5.74, 6) is 0.531. The Hall–Kier alpha value is -1.40. The summed E-state index contributed by atoms with van der Waals surface area (Å²) in [6.07, 6.45) is 1.85. The van der Waals surface area contributed by atoms with Gasteiger partial charge in [-0.3, -0.25) is 9.59 Å². The maximum absolute atomic E-state index is 13.1. The van der Waals surface area contributed by atoms with Crippen LogP contribution in [0.3, 0.4) is 0 Å². The van der Waals surface area contributed by atoms with Crippen LogP contribution in [0.2, 0.25) is 15.1 Å². The van der Waals surface area contributed by atoms with E-state index in [-0.39, 0.29) is 24.4 Å². The zero-order valence-electron chi connectivity index (χ0n) is 18.5. The van der Waals surface area contributed by atoms with Gasteiger partial charge in [-0.25, -0.2) is 0 Å². The minimum absolute atomic E-state index is 0.0387. The van der Waals surface area contributed by atoms with Crippen LogP contribution in [0.5, 0.6) is 0 Å². The van der Waals surface area contributed by atoms with Crippen molar-refractivity contribution in [2.75, 3.05) is 5.75 Å². The van der Waals surface area contributed by atoms with Gasteiger partial charge in [0.05, 0.1) is 0 Å². The summed E-state index contributed by atoms with van der Waals surface area (Å²) in [6.45, 7) is 5.95. The van der Waals surface area contributed by atoms with Crippen LogP contribution in [0.25, 0.3) is 0 Å². The van der Waals surface area contributed by atoms with Gasteiger partial charge in [-0.05, 0) is 74.4 Å². The van der Waals surface area contributed by atoms with E-state index in [2.05, 4.69) is 5.32 Å². The topological polar surface area (TPSA) is 49.4 Å². The van der Waals surface area contributed by atoms with Crippen molar-refractivity contribution in [3.8, 4) is 0 Å². The Kier molecular flexibility index (Phi) is 11.2. The molecule has 0 unspecified atom stereocenters. The van der Waals surface area contributed by atoms with E-state index in [1.54, 1.807) is 41.8 Å². The van der Waals surface area contributed by atoms with Crippen molar-refractivity contribution >= 4 is 58.4 Å². The summed E-state index contributed by atoms with van der Waals surface area (Å²) in [4.78, 5) is 28.6. The van der Waals surface area contributed by atoms with Crippen molar-refractivity contribution < 1.29 is 9.59 Å². The predicted octanol–water partition coefficient (Wildman–Crippen LogP) is 6.85. The number of halogens is 3. The Morgan fingerprint density at radius 2 is 1.69 bits per heavy atom. The molecule has 0 aliphatic carbocycles. The average molecular weight is 516 g/mol. The molecule has 2 rings (SSSR count). The van der Waals surface area contributed by atoms with Crippen LogP contribution in [-0.4, -0.2) is 34.6 Å². The summed E-state index contributed by atoms with van der Waals surface area (Å²) < 4.78 is 0. The molecule has 8 heteroatoms. The van der Waals surface area contributed by atoms with E-state index < -0.39 is 6.04 Å². The normalized spacial score (nSPS) is 12.8. The quantitative estimate of drug-likeness (QED) is 0.263. The summed E-state index contributed by atoms with van der Waals surface area (Å²) >= 11 is 19.9. The van der Waals surface area contributed by atoms with Gasteiger partial charge >= 0.3 is 0 Å². The van der Waals surface area contributed by atoms with E-state index >= 15 is 0 Å². The number of rotatable bonds is 11. The van der Waals surface area contributed by atoms with Crippen LogP contribution in [0.4, 0.5) is 0 Å². The second-order valence-corrected chi connectivity index (χ2v) is 10.1. The maximum Gasteiger partial charge on any atom is 0.242 e. The molecule has 2 aromatic rings. The molecular weight excluding hydrogens is 487 g/mol. The van der Waals surface area contributed by atoms with Crippen molar-refractivity contribution in [3.63, 3.8) is 0 Å². The first kappa shape index (κ1) is 26.8. The summed E-state index contributed by atoms with van der Waals surface area (Å²) in [6, 6.07) is 12.2. The average Bonchev–Trinajstić information content (AvgIpc) is 2.76. The first-order valence-electron chi connectivity index (χ1n) is 10.6. The Morgan fingerprint density at radius 1 is 1.03 bits per heavy atom. The molecule has 2 atom stereocenters. The third kappa shape index (κ3) is 8.51. The molecule has 1 N–H and O–H groups in total. The molecule has 2 amide bonds. The lowest BCUT2D eigenvalue weighted by molar-refractivity contribution is -0.140. The number of carbonyl (C=O) groups excluding carboxylic acids is 2. The largest absolute Gasteiger partial charge is 0.352 e. The second-order valence-electron chi connectivity index (χ2n) is 7.66. The maximum atomic E-state index is 13.1. The molecule has 0 aromatic heterocycles. The molecule has 0 saturated heterocycles. The second kappa shape index (κ2) is 13.3.